The number of methoxy groups -OCH3 is 3. The first kappa shape index (κ1) is 27.3. The van der Waals surface area contributed by atoms with E-state index in [1.54, 1.807) is 33.5 Å². The molecule has 0 bridgehead atoms. The third-order valence-corrected chi connectivity index (χ3v) is 8.33. The summed E-state index contributed by atoms with van der Waals surface area (Å²) in [5.41, 5.74) is 1.56. The molecule has 9 heteroatoms. The van der Waals surface area contributed by atoms with Crippen LogP contribution in [0, 0.1) is 17.8 Å². The van der Waals surface area contributed by atoms with Gasteiger partial charge in [0.15, 0.2) is 0 Å². The Bertz CT molecular complexity index is 1110. The van der Waals surface area contributed by atoms with Crippen LogP contribution in [0.4, 0.5) is 0 Å². The van der Waals surface area contributed by atoms with E-state index >= 15 is 0 Å². The van der Waals surface area contributed by atoms with E-state index in [0.717, 1.165) is 38.0 Å². The molecular weight excluding hydrogens is 498 g/mol. The molecule has 0 aliphatic carbocycles. The SMILES string of the molecule is COc1cc(OC)c(C(=O)N2CC3CN(CCC(NC(=O)C4CCOC4)c4ccccc4)C[C@H]3C2)c(OC)c1. The van der Waals surface area contributed by atoms with Crippen LogP contribution >= 0.6 is 0 Å². The van der Waals surface area contributed by atoms with Gasteiger partial charge >= 0.3 is 0 Å². The van der Waals surface area contributed by atoms with Gasteiger partial charge in [0.05, 0.1) is 39.9 Å². The van der Waals surface area contributed by atoms with Crippen molar-refractivity contribution in [2.24, 2.45) is 17.8 Å². The number of fused-ring (bicyclic) bond motifs is 1. The molecule has 3 fully saturated rings. The van der Waals surface area contributed by atoms with E-state index in [-0.39, 0.29) is 23.8 Å². The molecule has 39 heavy (non-hydrogen) atoms. The second-order valence-corrected chi connectivity index (χ2v) is 10.7. The quantitative estimate of drug-likeness (QED) is 0.498. The lowest BCUT2D eigenvalue weighted by atomic mass is 10.0. The molecule has 0 radical (unpaired) electrons. The van der Waals surface area contributed by atoms with Crippen molar-refractivity contribution < 1.29 is 28.5 Å². The second kappa shape index (κ2) is 12.3. The van der Waals surface area contributed by atoms with Crippen molar-refractivity contribution in [1.29, 1.82) is 0 Å². The summed E-state index contributed by atoms with van der Waals surface area (Å²) in [5, 5.41) is 3.29. The van der Waals surface area contributed by atoms with Crippen LogP contribution in [0.2, 0.25) is 0 Å². The highest BCUT2D eigenvalue weighted by Gasteiger charge is 2.42. The summed E-state index contributed by atoms with van der Waals surface area (Å²) in [4.78, 5) is 30.8. The maximum atomic E-state index is 13.6. The zero-order valence-electron chi connectivity index (χ0n) is 23.1. The Morgan fingerprint density at radius 1 is 0.974 bits per heavy atom. The van der Waals surface area contributed by atoms with Crippen molar-refractivity contribution >= 4 is 11.8 Å². The summed E-state index contributed by atoms with van der Waals surface area (Å²) in [5.74, 6) is 2.27. The van der Waals surface area contributed by atoms with Crippen LogP contribution in [0.25, 0.3) is 0 Å². The van der Waals surface area contributed by atoms with E-state index in [1.807, 2.05) is 23.1 Å². The van der Waals surface area contributed by atoms with Crippen LogP contribution in [-0.2, 0) is 9.53 Å². The fourth-order valence-corrected chi connectivity index (χ4v) is 6.16. The van der Waals surface area contributed by atoms with Gasteiger partial charge in [-0.15, -0.1) is 0 Å². The van der Waals surface area contributed by atoms with E-state index in [4.69, 9.17) is 18.9 Å². The first-order chi connectivity index (χ1) is 19.0. The average Bonchev–Trinajstić information content (AvgIpc) is 3.72. The molecule has 0 saturated carbocycles. The van der Waals surface area contributed by atoms with Gasteiger partial charge in [-0.3, -0.25) is 9.59 Å². The summed E-state index contributed by atoms with van der Waals surface area (Å²) < 4.78 is 21.8. The number of amides is 2. The van der Waals surface area contributed by atoms with Crippen LogP contribution in [0.5, 0.6) is 17.2 Å². The first-order valence-corrected chi connectivity index (χ1v) is 13.7. The van der Waals surface area contributed by atoms with Crippen molar-refractivity contribution in [3.8, 4) is 17.2 Å². The summed E-state index contributed by atoms with van der Waals surface area (Å²) in [6.45, 7) is 5.35. The van der Waals surface area contributed by atoms with Gasteiger partial charge in [-0.05, 0) is 30.2 Å². The number of hydrogen-bond donors (Lipinski definition) is 1. The molecule has 0 aromatic heterocycles. The number of nitrogens with zero attached hydrogens (tertiary/aromatic N) is 2. The van der Waals surface area contributed by atoms with Gasteiger partial charge in [0, 0.05) is 51.5 Å². The fraction of sp³-hybridized carbons (Fsp3) is 0.533. The zero-order chi connectivity index (χ0) is 27.4. The van der Waals surface area contributed by atoms with Crippen molar-refractivity contribution in [2.45, 2.75) is 18.9 Å². The Labute approximate surface area is 230 Å². The van der Waals surface area contributed by atoms with Gasteiger partial charge in [-0.1, -0.05) is 30.3 Å². The largest absolute Gasteiger partial charge is 0.496 e. The minimum atomic E-state index is -0.0740. The molecule has 210 valence electrons. The summed E-state index contributed by atoms with van der Waals surface area (Å²) >= 11 is 0. The van der Waals surface area contributed by atoms with E-state index in [2.05, 4.69) is 22.3 Å². The Morgan fingerprint density at radius 3 is 2.21 bits per heavy atom. The summed E-state index contributed by atoms with van der Waals surface area (Å²) in [7, 11) is 4.67. The third kappa shape index (κ3) is 5.99. The van der Waals surface area contributed by atoms with Crippen LogP contribution in [0.15, 0.2) is 42.5 Å². The third-order valence-electron chi connectivity index (χ3n) is 8.33. The molecule has 3 heterocycles. The number of nitrogens with one attached hydrogen (secondary N) is 1. The molecule has 4 atom stereocenters. The molecule has 3 aliphatic rings. The number of benzene rings is 2. The molecule has 2 aromatic carbocycles. The molecule has 5 rings (SSSR count). The lowest BCUT2D eigenvalue weighted by Crippen LogP contribution is -2.37. The van der Waals surface area contributed by atoms with Crippen molar-refractivity contribution in [1.82, 2.24) is 15.1 Å². The van der Waals surface area contributed by atoms with Gasteiger partial charge in [-0.2, -0.15) is 0 Å². The van der Waals surface area contributed by atoms with Crippen LogP contribution in [0.3, 0.4) is 0 Å². The lowest BCUT2D eigenvalue weighted by molar-refractivity contribution is -0.125. The van der Waals surface area contributed by atoms with E-state index in [9.17, 15) is 9.59 Å². The van der Waals surface area contributed by atoms with Gasteiger partial charge in [-0.25, -0.2) is 0 Å². The molecule has 3 saturated heterocycles. The second-order valence-electron chi connectivity index (χ2n) is 10.7. The Kier molecular flexibility index (Phi) is 8.57. The number of hydrogen-bond acceptors (Lipinski definition) is 7. The predicted molar refractivity (Wildman–Crippen MR) is 146 cm³/mol. The first-order valence-electron chi connectivity index (χ1n) is 13.7. The van der Waals surface area contributed by atoms with Crippen molar-refractivity contribution in [3.63, 3.8) is 0 Å². The normalized spacial score (nSPS) is 23.4. The molecule has 1 N–H and O–H groups in total. The van der Waals surface area contributed by atoms with Crippen LogP contribution < -0.4 is 19.5 Å². The monoisotopic (exact) mass is 537 g/mol. The Balaban J connectivity index is 1.19. The maximum absolute atomic E-state index is 13.6. The number of carbonyl (C=O) groups is 2. The Morgan fingerprint density at radius 2 is 1.64 bits per heavy atom. The van der Waals surface area contributed by atoms with Crippen LogP contribution in [0.1, 0.15) is 34.8 Å². The van der Waals surface area contributed by atoms with E-state index in [1.165, 1.54) is 0 Å². The number of likely N-dealkylation sites (tertiary alicyclic amines) is 2. The predicted octanol–water partition coefficient (Wildman–Crippen LogP) is 3.00. The van der Waals surface area contributed by atoms with E-state index < -0.39 is 0 Å². The molecular formula is C30H39N3O6. The Hall–Kier alpha value is -3.30. The fourth-order valence-electron chi connectivity index (χ4n) is 6.16. The zero-order valence-corrected chi connectivity index (χ0v) is 23.1. The number of ether oxygens (including phenoxy) is 4. The van der Waals surface area contributed by atoms with Crippen LogP contribution in [-0.4, -0.2) is 88.9 Å². The maximum Gasteiger partial charge on any atom is 0.261 e. The standard InChI is InChI=1S/C30H39N3O6/c1-36-24-13-26(37-2)28(27(14-24)38-3)30(35)33-17-22-15-32(16-23(22)18-33)11-9-25(20-7-5-4-6-8-20)31-29(34)21-10-12-39-19-21/h4-8,13-14,21-23,25H,9-12,15-19H2,1-3H3,(H,31,34)/t21?,22-,23?,25?/m0/s1. The number of rotatable bonds is 10. The van der Waals surface area contributed by atoms with Gasteiger partial charge < -0.3 is 34.1 Å². The van der Waals surface area contributed by atoms with Crippen molar-refractivity contribution in [3.05, 3.63) is 53.6 Å². The van der Waals surface area contributed by atoms with Crippen molar-refractivity contribution in [2.75, 3.05) is 67.3 Å². The molecule has 3 aliphatic heterocycles. The highest BCUT2D eigenvalue weighted by molar-refractivity contribution is 6.00. The highest BCUT2D eigenvalue weighted by atomic mass is 16.5. The number of carbonyl (C=O) groups excluding carboxylic acids is 2. The molecule has 2 aromatic rings. The molecule has 2 amide bonds. The summed E-state index contributed by atoms with van der Waals surface area (Å²) in [6.07, 6.45) is 1.62. The molecule has 3 unspecified atom stereocenters. The van der Waals surface area contributed by atoms with Gasteiger partial charge in [0.25, 0.3) is 5.91 Å². The minimum Gasteiger partial charge on any atom is -0.496 e. The molecule has 0 spiro atoms. The average molecular weight is 538 g/mol. The smallest absolute Gasteiger partial charge is 0.261 e. The topological polar surface area (TPSA) is 89.6 Å². The highest BCUT2D eigenvalue weighted by Crippen LogP contribution is 2.38. The minimum absolute atomic E-state index is 0.0344. The van der Waals surface area contributed by atoms with Gasteiger partial charge in [0.2, 0.25) is 5.91 Å². The van der Waals surface area contributed by atoms with Gasteiger partial charge in [0.1, 0.15) is 22.8 Å². The molecule has 9 nitrogen and oxygen atoms in total. The summed E-state index contributed by atoms with van der Waals surface area (Å²) in [6, 6.07) is 13.6. The van der Waals surface area contributed by atoms with E-state index in [0.29, 0.717) is 61.0 Å². The lowest BCUT2D eigenvalue weighted by Gasteiger charge is -2.26.